The summed E-state index contributed by atoms with van der Waals surface area (Å²) in [4.78, 5) is 11.2. The predicted octanol–water partition coefficient (Wildman–Crippen LogP) is 3.86. The summed E-state index contributed by atoms with van der Waals surface area (Å²) in [7, 11) is 0. The van der Waals surface area contributed by atoms with E-state index >= 15 is 0 Å². The van der Waals surface area contributed by atoms with Gasteiger partial charge in [0.05, 0.1) is 6.54 Å². The van der Waals surface area contributed by atoms with Crippen LogP contribution in [0.2, 0.25) is 0 Å². The van der Waals surface area contributed by atoms with Crippen molar-refractivity contribution in [2.24, 2.45) is 0 Å². The number of hydrogen-bond donors (Lipinski definition) is 1. The van der Waals surface area contributed by atoms with Crippen molar-refractivity contribution in [3.8, 4) is 5.75 Å². The zero-order chi connectivity index (χ0) is 14.9. The molecule has 0 heterocycles. The molecule has 0 aliphatic heterocycles. The Bertz CT molecular complexity index is 427. The molecule has 1 fully saturated rings. The maximum Gasteiger partial charge on any atom is 0.221 e. The molecule has 0 bridgehead atoms. The summed E-state index contributed by atoms with van der Waals surface area (Å²) in [5.74, 6) is 1.92. The molecule has 1 aromatic carbocycles. The van der Waals surface area contributed by atoms with Crippen molar-refractivity contribution in [3.63, 3.8) is 0 Å². The third-order valence-electron chi connectivity index (χ3n) is 3.97. The Kier molecular flexibility index (Phi) is 6.87. The normalized spacial score (nSPS) is 15.7. The second-order valence-corrected chi connectivity index (χ2v) is 5.92. The van der Waals surface area contributed by atoms with Gasteiger partial charge in [-0.2, -0.15) is 0 Å². The first kappa shape index (κ1) is 16.2. The van der Waals surface area contributed by atoms with E-state index in [9.17, 15) is 4.79 Å². The van der Waals surface area contributed by atoms with Gasteiger partial charge in [0.25, 0.3) is 0 Å². The predicted molar refractivity (Wildman–Crippen MR) is 86.1 cm³/mol. The maximum absolute atomic E-state index is 11.2. The van der Waals surface area contributed by atoms with Crippen LogP contribution in [0.4, 0.5) is 0 Å². The highest BCUT2D eigenvalue weighted by Gasteiger charge is 2.15. The van der Waals surface area contributed by atoms with Crippen molar-refractivity contribution in [2.45, 2.75) is 44.4 Å². The van der Waals surface area contributed by atoms with Gasteiger partial charge in [-0.25, -0.2) is 0 Å². The van der Waals surface area contributed by atoms with Gasteiger partial charge in [-0.3, -0.25) is 4.79 Å². The van der Waals surface area contributed by atoms with Gasteiger partial charge < -0.3 is 10.1 Å². The number of ether oxygens (including phenoxy) is 1. The topological polar surface area (TPSA) is 38.3 Å². The minimum Gasteiger partial charge on any atom is -0.492 e. The molecule has 1 aromatic rings. The van der Waals surface area contributed by atoms with Crippen LogP contribution < -0.4 is 10.1 Å². The van der Waals surface area contributed by atoms with Gasteiger partial charge in [0.2, 0.25) is 5.91 Å². The van der Waals surface area contributed by atoms with E-state index in [-0.39, 0.29) is 5.91 Å². The Hall–Kier alpha value is -1.22. The fourth-order valence-electron chi connectivity index (χ4n) is 2.81. The van der Waals surface area contributed by atoms with Crippen molar-refractivity contribution in [1.29, 1.82) is 0 Å². The van der Waals surface area contributed by atoms with Crippen LogP contribution in [0.15, 0.2) is 24.3 Å². The highest BCUT2D eigenvalue weighted by molar-refractivity contribution is 6.18. The molecule has 0 atom stereocenters. The third-order valence-corrected chi connectivity index (χ3v) is 4.16. The molecule has 4 heteroatoms. The number of carbonyl (C=O) groups excluding carboxylic acids is 1. The summed E-state index contributed by atoms with van der Waals surface area (Å²) >= 11 is 5.49. The zero-order valence-corrected chi connectivity index (χ0v) is 13.2. The van der Waals surface area contributed by atoms with Gasteiger partial charge >= 0.3 is 0 Å². The lowest BCUT2D eigenvalue weighted by Crippen LogP contribution is -2.28. The molecule has 0 aromatic heterocycles. The van der Waals surface area contributed by atoms with E-state index in [1.165, 1.54) is 37.7 Å². The largest absolute Gasteiger partial charge is 0.492 e. The van der Waals surface area contributed by atoms with E-state index in [4.69, 9.17) is 16.3 Å². The van der Waals surface area contributed by atoms with Gasteiger partial charge in [-0.15, -0.1) is 11.6 Å². The lowest BCUT2D eigenvalue weighted by molar-refractivity contribution is -0.120. The number of amides is 1. The Balaban J connectivity index is 1.71. The van der Waals surface area contributed by atoms with E-state index in [1.54, 1.807) is 0 Å². The van der Waals surface area contributed by atoms with Gasteiger partial charge in [-0.05, 0) is 36.5 Å². The van der Waals surface area contributed by atoms with Gasteiger partial charge in [0.1, 0.15) is 12.4 Å². The summed E-state index contributed by atoms with van der Waals surface area (Å²) in [6.07, 6.45) is 7.07. The van der Waals surface area contributed by atoms with Crippen LogP contribution in [0, 0.1) is 0 Å². The smallest absolute Gasteiger partial charge is 0.221 e. The first-order valence-electron chi connectivity index (χ1n) is 7.85. The number of rotatable bonds is 7. The van der Waals surface area contributed by atoms with Crippen molar-refractivity contribution < 1.29 is 9.53 Å². The fraction of sp³-hybridized carbons (Fsp3) is 0.588. The standard InChI is InChI=1S/C17H24ClNO2/c18-11-10-17(20)19-12-13-21-16-8-6-15(7-9-16)14-4-2-1-3-5-14/h6-9,14H,1-5,10-13H2,(H,19,20). The molecule has 21 heavy (non-hydrogen) atoms. The number of alkyl halides is 1. The molecule has 0 radical (unpaired) electrons. The van der Waals surface area contributed by atoms with Crippen LogP contribution in [-0.4, -0.2) is 24.9 Å². The lowest BCUT2D eigenvalue weighted by atomic mass is 9.84. The molecule has 3 nitrogen and oxygen atoms in total. The quantitative estimate of drug-likeness (QED) is 0.613. The molecule has 116 valence electrons. The van der Waals surface area contributed by atoms with Crippen LogP contribution in [-0.2, 0) is 4.79 Å². The summed E-state index contributed by atoms with van der Waals surface area (Å²) in [6.45, 7) is 0.997. The summed E-state index contributed by atoms with van der Waals surface area (Å²) in [6, 6.07) is 8.42. The fourth-order valence-corrected chi connectivity index (χ4v) is 2.98. The highest BCUT2D eigenvalue weighted by Crippen LogP contribution is 2.33. The Labute approximate surface area is 132 Å². The second-order valence-electron chi connectivity index (χ2n) is 5.54. The molecule has 1 aliphatic carbocycles. The SMILES string of the molecule is O=C(CCCl)NCCOc1ccc(C2CCCCC2)cc1. The average Bonchev–Trinajstić information content (AvgIpc) is 2.53. The van der Waals surface area contributed by atoms with E-state index in [1.807, 2.05) is 12.1 Å². The first-order chi connectivity index (χ1) is 10.3. The highest BCUT2D eigenvalue weighted by atomic mass is 35.5. The van der Waals surface area contributed by atoms with Crippen molar-refractivity contribution in [3.05, 3.63) is 29.8 Å². The average molecular weight is 310 g/mol. The van der Waals surface area contributed by atoms with Gasteiger partial charge in [-0.1, -0.05) is 31.4 Å². The zero-order valence-electron chi connectivity index (χ0n) is 12.4. The van der Waals surface area contributed by atoms with Crippen molar-refractivity contribution in [2.75, 3.05) is 19.0 Å². The van der Waals surface area contributed by atoms with Gasteiger partial charge in [0.15, 0.2) is 0 Å². The van der Waals surface area contributed by atoms with Crippen LogP contribution in [0.25, 0.3) is 0 Å². The monoisotopic (exact) mass is 309 g/mol. The first-order valence-corrected chi connectivity index (χ1v) is 8.38. The molecule has 0 saturated heterocycles. The Morgan fingerprint density at radius 1 is 1.19 bits per heavy atom. The van der Waals surface area contributed by atoms with E-state index in [2.05, 4.69) is 17.4 Å². The number of carbonyl (C=O) groups is 1. The summed E-state index contributed by atoms with van der Waals surface area (Å²) in [5, 5.41) is 2.77. The molecule has 1 saturated carbocycles. The molecular formula is C17H24ClNO2. The third kappa shape index (κ3) is 5.58. The van der Waals surface area contributed by atoms with Gasteiger partial charge in [0, 0.05) is 12.3 Å². The van der Waals surface area contributed by atoms with Crippen LogP contribution in [0.1, 0.15) is 50.0 Å². The lowest BCUT2D eigenvalue weighted by Gasteiger charge is -2.22. The summed E-state index contributed by atoms with van der Waals surface area (Å²) < 4.78 is 5.63. The molecule has 2 rings (SSSR count). The number of halogens is 1. The molecule has 0 spiro atoms. The van der Waals surface area contributed by atoms with E-state index in [0.717, 1.165) is 11.7 Å². The van der Waals surface area contributed by atoms with E-state index in [0.29, 0.717) is 25.5 Å². The number of nitrogens with one attached hydrogen (secondary N) is 1. The molecule has 1 aliphatic rings. The van der Waals surface area contributed by atoms with E-state index < -0.39 is 0 Å². The van der Waals surface area contributed by atoms with Crippen molar-refractivity contribution in [1.82, 2.24) is 5.32 Å². The van der Waals surface area contributed by atoms with Crippen LogP contribution in [0.3, 0.4) is 0 Å². The molecule has 0 unspecified atom stereocenters. The molecule has 1 amide bonds. The molecule has 1 N–H and O–H groups in total. The molecular weight excluding hydrogens is 286 g/mol. The van der Waals surface area contributed by atoms with Crippen molar-refractivity contribution >= 4 is 17.5 Å². The summed E-state index contributed by atoms with van der Waals surface area (Å²) in [5.41, 5.74) is 1.43. The maximum atomic E-state index is 11.2. The second kappa shape index (κ2) is 8.93. The number of hydrogen-bond acceptors (Lipinski definition) is 2. The van der Waals surface area contributed by atoms with Crippen LogP contribution in [0.5, 0.6) is 5.75 Å². The van der Waals surface area contributed by atoms with Crippen LogP contribution >= 0.6 is 11.6 Å². The number of benzene rings is 1. The minimum absolute atomic E-state index is 0.0266. The Morgan fingerprint density at radius 2 is 1.90 bits per heavy atom. The Morgan fingerprint density at radius 3 is 2.57 bits per heavy atom. The minimum atomic E-state index is -0.0266.